The molecule has 2 aromatic heterocycles. The van der Waals surface area contributed by atoms with Crippen molar-refractivity contribution in [1.82, 2.24) is 14.9 Å². The monoisotopic (exact) mass is 293 g/mol. The summed E-state index contributed by atoms with van der Waals surface area (Å²) in [6.45, 7) is 4.18. The predicted octanol–water partition coefficient (Wildman–Crippen LogP) is 2.43. The highest BCUT2D eigenvalue weighted by Crippen LogP contribution is 2.31. The highest BCUT2D eigenvalue weighted by atomic mass is 32.1. The maximum Gasteiger partial charge on any atom is 0.225 e. The van der Waals surface area contributed by atoms with Gasteiger partial charge in [-0.1, -0.05) is 0 Å². The molecule has 0 saturated heterocycles. The van der Waals surface area contributed by atoms with Crippen LogP contribution in [0.3, 0.4) is 0 Å². The molecule has 0 aliphatic rings. The van der Waals surface area contributed by atoms with Crippen molar-refractivity contribution in [2.45, 2.75) is 13.3 Å². The predicted molar refractivity (Wildman–Crippen MR) is 88.1 cm³/mol. The minimum atomic E-state index is 0.689. The van der Waals surface area contributed by atoms with Gasteiger partial charge >= 0.3 is 0 Å². The lowest BCUT2D eigenvalue weighted by Gasteiger charge is -2.20. The highest BCUT2D eigenvalue weighted by Gasteiger charge is 2.13. The third-order valence-electron chi connectivity index (χ3n) is 3.18. The van der Waals surface area contributed by atoms with Crippen molar-refractivity contribution in [3.8, 4) is 0 Å². The van der Waals surface area contributed by atoms with Crippen LogP contribution in [0.25, 0.3) is 10.2 Å². The van der Waals surface area contributed by atoms with Crippen LogP contribution in [0.4, 0.5) is 11.8 Å². The van der Waals surface area contributed by atoms with Gasteiger partial charge in [0.05, 0.1) is 5.39 Å². The minimum absolute atomic E-state index is 0.689. The van der Waals surface area contributed by atoms with Crippen molar-refractivity contribution >= 4 is 33.3 Å². The number of hydrogen-bond acceptors (Lipinski definition) is 6. The summed E-state index contributed by atoms with van der Waals surface area (Å²) in [6, 6.07) is 2.18. The summed E-state index contributed by atoms with van der Waals surface area (Å²) in [5.74, 6) is 1.70. The number of thiophene rings is 1. The van der Waals surface area contributed by atoms with Crippen molar-refractivity contribution in [3.05, 3.63) is 10.9 Å². The lowest BCUT2D eigenvalue weighted by Crippen LogP contribution is -2.24. The Balaban J connectivity index is 2.26. The van der Waals surface area contributed by atoms with Gasteiger partial charge in [-0.25, -0.2) is 4.98 Å². The fourth-order valence-corrected chi connectivity index (χ4v) is 3.03. The molecule has 6 heteroatoms. The van der Waals surface area contributed by atoms with Gasteiger partial charge in [0, 0.05) is 25.5 Å². The third-order valence-corrected chi connectivity index (χ3v) is 4.12. The molecular formula is C14H23N5S. The molecule has 0 unspecified atom stereocenters. The van der Waals surface area contributed by atoms with Gasteiger partial charge < -0.3 is 15.1 Å². The van der Waals surface area contributed by atoms with Gasteiger partial charge in [-0.15, -0.1) is 11.3 Å². The molecule has 0 fully saturated rings. The Morgan fingerprint density at radius 3 is 2.60 bits per heavy atom. The molecule has 2 rings (SSSR count). The first-order valence-corrected chi connectivity index (χ1v) is 7.64. The van der Waals surface area contributed by atoms with Gasteiger partial charge in [0.1, 0.15) is 10.6 Å². The molecule has 110 valence electrons. The van der Waals surface area contributed by atoms with Crippen molar-refractivity contribution in [3.63, 3.8) is 0 Å². The van der Waals surface area contributed by atoms with E-state index >= 15 is 0 Å². The summed E-state index contributed by atoms with van der Waals surface area (Å²) in [4.78, 5) is 15.9. The van der Waals surface area contributed by atoms with Crippen LogP contribution in [-0.4, -0.2) is 56.1 Å². The second-order valence-electron chi connectivity index (χ2n) is 5.28. The number of fused-ring (bicyclic) bond motifs is 1. The average molecular weight is 293 g/mol. The SMILES string of the molecule is CNc1nc(N(C)CCCN(C)C)c2cc(C)sc2n1. The highest BCUT2D eigenvalue weighted by molar-refractivity contribution is 7.18. The number of hydrogen-bond donors (Lipinski definition) is 1. The molecular weight excluding hydrogens is 270 g/mol. The number of aryl methyl sites for hydroxylation is 1. The van der Waals surface area contributed by atoms with Crippen LogP contribution < -0.4 is 10.2 Å². The Labute approximate surface area is 124 Å². The van der Waals surface area contributed by atoms with E-state index in [4.69, 9.17) is 0 Å². The number of rotatable bonds is 6. The van der Waals surface area contributed by atoms with Gasteiger partial charge in [0.25, 0.3) is 0 Å². The second kappa shape index (κ2) is 6.37. The topological polar surface area (TPSA) is 44.3 Å². The molecule has 2 aromatic rings. The molecule has 0 saturated carbocycles. The van der Waals surface area contributed by atoms with Gasteiger partial charge in [0.15, 0.2) is 0 Å². The fourth-order valence-electron chi connectivity index (χ4n) is 2.16. The van der Waals surface area contributed by atoms with Gasteiger partial charge in [-0.3, -0.25) is 0 Å². The molecule has 0 aliphatic heterocycles. The number of nitrogens with one attached hydrogen (secondary N) is 1. The zero-order valence-corrected chi connectivity index (χ0v) is 13.7. The van der Waals surface area contributed by atoms with Crippen molar-refractivity contribution in [2.75, 3.05) is 51.5 Å². The minimum Gasteiger partial charge on any atom is -0.359 e. The summed E-state index contributed by atoms with van der Waals surface area (Å²) in [6.07, 6.45) is 1.12. The molecule has 0 amide bonds. The van der Waals surface area contributed by atoms with Crippen LogP contribution in [0.5, 0.6) is 0 Å². The lowest BCUT2D eigenvalue weighted by atomic mass is 10.3. The van der Waals surface area contributed by atoms with E-state index < -0.39 is 0 Å². The molecule has 0 aromatic carbocycles. The second-order valence-corrected chi connectivity index (χ2v) is 6.51. The molecule has 2 heterocycles. The Morgan fingerprint density at radius 2 is 1.95 bits per heavy atom. The zero-order chi connectivity index (χ0) is 14.7. The van der Waals surface area contributed by atoms with E-state index in [1.807, 2.05) is 7.05 Å². The average Bonchev–Trinajstić information content (AvgIpc) is 2.76. The van der Waals surface area contributed by atoms with Crippen molar-refractivity contribution in [1.29, 1.82) is 0 Å². The molecule has 0 spiro atoms. The standard InChI is InChI=1S/C14H23N5S/c1-10-9-11-12(19(5)8-6-7-18(3)4)16-14(15-2)17-13(11)20-10/h9H,6-8H2,1-5H3,(H,15,16,17). The van der Waals surface area contributed by atoms with E-state index in [-0.39, 0.29) is 0 Å². The van der Waals surface area contributed by atoms with Crippen LogP contribution in [0.15, 0.2) is 6.07 Å². The largest absolute Gasteiger partial charge is 0.359 e. The fraction of sp³-hybridized carbons (Fsp3) is 0.571. The van der Waals surface area contributed by atoms with E-state index in [1.165, 1.54) is 4.88 Å². The Morgan fingerprint density at radius 1 is 1.20 bits per heavy atom. The Bertz CT molecular complexity index is 578. The van der Waals surface area contributed by atoms with Crippen LogP contribution in [0, 0.1) is 6.92 Å². The van der Waals surface area contributed by atoms with Gasteiger partial charge in [0.2, 0.25) is 5.95 Å². The van der Waals surface area contributed by atoms with E-state index in [1.54, 1.807) is 11.3 Å². The molecule has 0 radical (unpaired) electrons. The van der Waals surface area contributed by atoms with E-state index in [2.05, 4.69) is 59.2 Å². The van der Waals surface area contributed by atoms with E-state index in [0.717, 1.165) is 35.5 Å². The number of anilines is 2. The molecule has 0 atom stereocenters. The molecule has 0 aliphatic carbocycles. The summed E-state index contributed by atoms with van der Waals surface area (Å²) in [5.41, 5.74) is 0. The summed E-state index contributed by atoms with van der Waals surface area (Å²) >= 11 is 1.72. The normalized spacial score (nSPS) is 11.3. The summed E-state index contributed by atoms with van der Waals surface area (Å²) in [7, 11) is 8.16. The quantitative estimate of drug-likeness (QED) is 0.886. The number of aromatic nitrogens is 2. The molecule has 5 nitrogen and oxygen atoms in total. The van der Waals surface area contributed by atoms with Crippen LogP contribution in [-0.2, 0) is 0 Å². The molecule has 20 heavy (non-hydrogen) atoms. The number of nitrogens with zero attached hydrogens (tertiary/aromatic N) is 4. The first-order valence-electron chi connectivity index (χ1n) is 6.83. The molecule has 0 bridgehead atoms. The van der Waals surface area contributed by atoms with Gasteiger partial charge in [-0.05, 0) is 40.1 Å². The van der Waals surface area contributed by atoms with Crippen LogP contribution >= 0.6 is 11.3 Å². The van der Waals surface area contributed by atoms with E-state index in [0.29, 0.717) is 5.95 Å². The lowest BCUT2D eigenvalue weighted by molar-refractivity contribution is 0.401. The third kappa shape index (κ3) is 3.37. The smallest absolute Gasteiger partial charge is 0.225 e. The van der Waals surface area contributed by atoms with Gasteiger partial charge in [-0.2, -0.15) is 4.98 Å². The van der Waals surface area contributed by atoms with Crippen LogP contribution in [0.1, 0.15) is 11.3 Å². The molecule has 1 N–H and O–H groups in total. The summed E-state index contributed by atoms with van der Waals surface area (Å²) < 4.78 is 0. The first kappa shape index (κ1) is 15.0. The Kier molecular flexibility index (Phi) is 4.77. The maximum absolute atomic E-state index is 4.63. The first-order chi connectivity index (χ1) is 9.51. The van der Waals surface area contributed by atoms with Crippen molar-refractivity contribution in [2.24, 2.45) is 0 Å². The van der Waals surface area contributed by atoms with E-state index in [9.17, 15) is 0 Å². The Hall–Kier alpha value is -1.40. The van der Waals surface area contributed by atoms with Crippen molar-refractivity contribution < 1.29 is 0 Å². The summed E-state index contributed by atoms with van der Waals surface area (Å²) in [5, 5.41) is 4.20. The maximum atomic E-state index is 4.63. The zero-order valence-electron chi connectivity index (χ0n) is 12.9. The van der Waals surface area contributed by atoms with Crippen LogP contribution in [0.2, 0.25) is 0 Å².